The molecule has 57 heavy (non-hydrogen) atoms. The summed E-state index contributed by atoms with van der Waals surface area (Å²) in [5.41, 5.74) is 1.23. The largest absolute Gasteiger partial charge is 0.497 e. The highest BCUT2D eigenvalue weighted by molar-refractivity contribution is 7.87. The smallest absolute Gasteiger partial charge is 0.243 e. The summed E-state index contributed by atoms with van der Waals surface area (Å²) in [6, 6.07) is 43.5. The van der Waals surface area contributed by atoms with E-state index in [0.717, 1.165) is 44.3 Å². The minimum atomic E-state index is -2.66. The van der Waals surface area contributed by atoms with E-state index in [2.05, 4.69) is 73.1 Å². The molecular formula is C47H57N4O4PS. The van der Waals surface area contributed by atoms with Crippen molar-refractivity contribution in [2.24, 2.45) is 15.6 Å². The highest BCUT2D eigenvalue weighted by atomic mass is 32.1. The van der Waals surface area contributed by atoms with Gasteiger partial charge in [0.1, 0.15) is 23.3 Å². The van der Waals surface area contributed by atoms with Crippen molar-refractivity contribution < 1.29 is 19.0 Å². The second-order valence-corrected chi connectivity index (χ2v) is 19.7. The Morgan fingerprint density at radius 3 is 1.30 bits per heavy atom. The van der Waals surface area contributed by atoms with E-state index in [1.807, 2.05) is 118 Å². The first-order chi connectivity index (χ1) is 27.2. The van der Waals surface area contributed by atoms with Gasteiger partial charge in [-0.1, -0.05) is 102 Å². The number of hydrogen-bond donors (Lipinski definition) is 3. The first-order valence-corrected chi connectivity index (χ1v) is 21.3. The van der Waals surface area contributed by atoms with Gasteiger partial charge in [0.05, 0.1) is 47.0 Å². The molecule has 0 aliphatic heterocycles. The third kappa shape index (κ3) is 10.6. The first kappa shape index (κ1) is 43.0. The van der Waals surface area contributed by atoms with Crippen molar-refractivity contribution >= 4 is 46.2 Å². The lowest BCUT2D eigenvalue weighted by atomic mass is 9.85. The third-order valence-electron chi connectivity index (χ3n) is 10.1. The lowest BCUT2D eigenvalue weighted by molar-refractivity contribution is -0.125. The van der Waals surface area contributed by atoms with E-state index < -0.39 is 18.5 Å². The second kappa shape index (κ2) is 18.9. The van der Waals surface area contributed by atoms with Crippen LogP contribution in [-0.2, 0) is 4.79 Å². The molecule has 2 atom stereocenters. The van der Waals surface area contributed by atoms with E-state index in [-0.39, 0.29) is 23.4 Å². The predicted molar refractivity (Wildman–Crippen MR) is 240 cm³/mol. The van der Waals surface area contributed by atoms with Crippen LogP contribution in [0.1, 0.15) is 58.7 Å². The van der Waals surface area contributed by atoms with Crippen molar-refractivity contribution in [1.82, 2.24) is 16.0 Å². The number of rotatable bonds is 14. The van der Waals surface area contributed by atoms with Crippen LogP contribution in [0.4, 0.5) is 0 Å². The Hall–Kier alpha value is -5.11. The zero-order valence-electron chi connectivity index (χ0n) is 34.6. The minimum absolute atomic E-state index is 0.148. The van der Waals surface area contributed by atoms with Gasteiger partial charge >= 0.3 is 0 Å². The molecule has 0 spiro atoms. The zero-order valence-corrected chi connectivity index (χ0v) is 36.3. The van der Waals surface area contributed by atoms with E-state index in [1.165, 1.54) is 0 Å². The monoisotopic (exact) mass is 804 g/mol. The molecular weight excluding hydrogens is 748 g/mol. The van der Waals surface area contributed by atoms with Crippen LogP contribution in [0.2, 0.25) is 0 Å². The van der Waals surface area contributed by atoms with Gasteiger partial charge in [-0.05, 0) is 107 Å². The van der Waals surface area contributed by atoms with Gasteiger partial charge in [-0.15, -0.1) is 0 Å². The normalized spacial score (nSPS) is 12.9. The van der Waals surface area contributed by atoms with E-state index >= 15 is 0 Å². The second-order valence-electron chi connectivity index (χ2n) is 16.2. The van der Waals surface area contributed by atoms with Crippen molar-refractivity contribution in [2.75, 3.05) is 27.9 Å². The maximum absolute atomic E-state index is 14.3. The van der Waals surface area contributed by atoms with E-state index in [1.54, 1.807) is 21.3 Å². The summed E-state index contributed by atoms with van der Waals surface area (Å²) >= 11 is 6.06. The number of ether oxygens (including phenoxy) is 3. The third-order valence-corrected chi connectivity index (χ3v) is 14.1. The summed E-state index contributed by atoms with van der Waals surface area (Å²) in [5, 5.41) is 14.0. The Balaban J connectivity index is 1.52. The number of amides is 1. The standard InChI is InChI=1S/C47H57N4O4PS/c1-46(2,3)41(49-45(57)51-43(47(4,5)6)44(52)50-42(33-16-12-10-13-17-33)34-18-14-11-15-19-34)32-48-56(38-26-20-35(53-7)21-27-38,39-28-22-36(54-8)23-29-39)40-30-24-37(55-9)25-31-40/h10-31,41-43H,32H2,1-9H3,(H,50,52)(H2,49,51,57). The van der Waals surface area contributed by atoms with Crippen LogP contribution < -0.4 is 46.1 Å². The van der Waals surface area contributed by atoms with Crippen LogP contribution in [0.3, 0.4) is 0 Å². The van der Waals surface area contributed by atoms with Crippen molar-refractivity contribution in [3.05, 3.63) is 145 Å². The van der Waals surface area contributed by atoms with Crippen molar-refractivity contribution in [3.8, 4) is 17.2 Å². The van der Waals surface area contributed by atoms with Gasteiger partial charge in [-0.3, -0.25) is 9.54 Å². The van der Waals surface area contributed by atoms with Crippen molar-refractivity contribution in [3.63, 3.8) is 0 Å². The number of thiocarbonyl (C=S) groups is 1. The van der Waals surface area contributed by atoms with Gasteiger partial charge in [0, 0.05) is 15.9 Å². The topological polar surface area (TPSA) is 93.2 Å². The van der Waals surface area contributed by atoms with Crippen LogP contribution in [0.15, 0.2) is 138 Å². The Morgan fingerprint density at radius 1 is 0.579 bits per heavy atom. The van der Waals surface area contributed by atoms with E-state index in [4.69, 9.17) is 31.2 Å². The molecule has 0 saturated heterocycles. The van der Waals surface area contributed by atoms with Crippen molar-refractivity contribution in [1.29, 1.82) is 0 Å². The van der Waals surface area contributed by atoms with Gasteiger partial charge in [0.2, 0.25) is 5.91 Å². The van der Waals surface area contributed by atoms with Crippen LogP contribution in [0.5, 0.6) is 17.2 Å². The molecule has 2 unspecified atom stereocenters. The van der Waals surface area contributed by atoms with Crippen molar-refractivity contribution in [2.45, 2.75) is 59.7 Å². The number of nitrogens with one attached hydrogen (secondary N) is 3. The van der Waals surface area contributed by atoms with Gasteiger partial charge in [-0.2, -0.15) is 0 Å². The summed E-state index contributed by atoms with van der Waals surface area (Å²) in [7, 11) is 2.35. The highest BCUT2D eigenvalue weighted by Gasteiger charge is 2.36. The van der Waals surface area contributed by atoms with Gasteiger partial charge in [-0.25, -0.2) is 0 Å². The molecule has 300 valence electrons. The Kier molecular flexibility index (Phi) is 14.3. The van der Waals surface area contributed by atoms with E-state index in [0.29, 0.717) is 11.7 Å². The SMILES string of the molecule is COc1ccc(P(=NCC(NC(=S)NC(C(=O)NC(c2ccccc2)c2ccccc2)C(C)(C)C)C(C)(C)C)(c2ccc(OC)cc2)c2ccc(OC)cc2)cc1. The van der Waals surface area contributed by atoms with Crippen LogP contribution >= 0.6 is 19.3 Å². The number of nitrogens with zero attached hydrogens (tertiary/aromatic N) is 1. The maximum Gasteiger partial charge on any atom is 0.243 e. The lowest BCUT2D eigenvalue weighted by Gasteiger charge is -2.36. The van der Waals surface area contributed by atoms with Gasteiger partial charge in [0.15, 0.2) is 5.11 Å². The summed E-state index contributed by atoms with van der Waals surface area (Å²) in [4.78, 5) is 14.3. The number of hydrogen-bond acceptors (Lipinski definition) is 6. The molecule has 8 nitrogen and oxygen atoms in total. The number of benzene rings is 5. The van der Waals surface area contributed by atoms with Gasteiger partial charge in [0.25, 0.3) is 0 Å². The summed E-state index contributed by atoms with van der Waals surface area (Å²) in [6.07, 6.45) is 0. The number of carbonyl (C=O) groups is 1. The van der Waals surface area contributed by atoms with Crippen LogP contribution in [-0.4, -0.2) is 51.0 Å². The average Bonchev–Trinajstić information content (AvgIpc) is 3.22. The lowest BCUT2D eigenvalue weighted by Crippen LogP contribution is -2.58. The molecule has 0 aliphatic rings. The molecule has 3 N–H and O–H groups in total. The molecule has 0 fully saturated rings. The molecule has 5 aromatic rings. The summed E-state index contributed by atoms with van der Waals surface area (Å²) in [6.45, 7) is 13.1. The summed E-state index contributed by atoms with van der Waals surface area (Å²) in [5.74, 6) is 2.15. The molecule has 5 aromatic carbocycles. The molecule has 0 heterocycles. The minimum Gasteiger partial charge on any atom is -0.497 e. The van der Waals surface area contributed by atoms with Crippen LogP contribution in [0.25, 0.3) is 0 Å². The number of methoxy groups -OCH3 is 3. The Morgan fingerprint density at radius 2 is 0.965 bits per heavy atom. The fourth-order valence-corrected chi connectivity index (χ4v) is 10.5. The predicted octanol–water partition coefficient (Wildman–Crippen LogP) is 8.39. The maximum atomic E-state index is 14.3. The highest BCUT2D eigenvalue weighted by Crippen LogP contribution is 2.48. The quantitative estimate of drug-likeness (QED) is 0.0768. The molecule has 0 saturated carbocycles. The molecule has 1 amide bonds. The molecule has 0 radical (unpaired) electrons. The fourth-order valence-electron chi connectivity index (χ4n) is 6.71. The molecule has 0 bridgehead atoms. The number of carbonyl (C=O) groups excluding carboxylic acids is 1. The molecule has 0 aliphatic carbocycles. The zero-order chi connectivity index (χ0) is 41.2. The molecule has 5 rings (SSSR count). The summed E-state index contributed by atoms with van der Waals surface area (Å²) < 4.78 is 22.5. The average molecular weight is 805 g/mol. The fraction of sp³-hybridized carbons (Fsp3) is 0.319. The van der Waals surface area contributed by atoms with Gasteiger partial charge < -0.3 is 30.2 Å². The Labute approximate surface area is 344 Å². The molecule has 10 heteroatoms. The Bertz CT molecular complexity index is 1950. The molecule has 0 aromatic heterocycles. The first-order valence-electron chi connectivity index (χ1n) is 19.2. The van der Waals surface area contributed by atoms with E-state index in [9.17, 15) is 4.79 Å². The van der Waals surface area contributed by atoms with Crippen LogP contribution in [0, 0.1) is 10.8 Å².